The van der Waals surface area contributed by atoms with E-state index < -0.39 is 21.1 Å². The number of benzene rings is 2. The zero-order valence-electron chi connectivity index (χ0n) is 17.6. The lowest BCUT2D eigenvalue weighted by molar-refractivity contribution is -0.122. The first-order valence-electron chi connectivity index (χ1n) is 9.88. The van der Waals surface area contributed by atoms with E-state index in [1.54, 1.807) is 14.0 Å². The van der Waals surface area contributed by atoms with Gasteiger partial charge in [0, 0.05) is 12.7 Å². The van der Waals surface area contributed by atoms with Crippen LogP contribution in [-0.4, -0.2) is 32.9 Å². The fourth-order valence-corrected chi connectivity index (χ4v) is 3.86. The third-order valence-corrected chi connectivity index (χ3v) is 6.80. The molecule has 29 heavy (non-hydrogen) atoms. The van der Waals surface area contributed by atoms with Crippen LogP contribution in [0.1, 0.15) is 48.9 Å². The minimum Gasteiger partial charge on any atom is -0.497 e. The van der Waals surface area contributed by atoms with Crippen LogP contribution in [0.2, 0.25) is 0 Å². The first-order chi connectivity index (χ1) is 13.7. The van der Waals surface area contributed by atoms with Crippen molar-refractivity contribution in [2.24, 2.45) is 0 Å². The monoisotopic (exact) mass is 417 g/mol. The highest BCUT2D eigenvalue weighted by atomic mass is 32.2. The van der Waals surface area contributed by atoms with Crippen LogP contribution in [0.15, 0.2) is 48.5 Å². The number of sulfone groups is 1. The van der Waals surface area contributed by atoms with Crippen LogP contribution in [-0.2, 0) is 21.1 Å². The Hall–Kier alpha value is -2.34. The Labute approximate surface area is 174 Å². The van der Waals surface area contributed by atoms with Gasteiger partial charge in [-0.1, -0.05) is 42.0 Å². The summed E-state index contributed by atoms with van der Waals surface area (Å²) < 4.78 is 29.3. The van der Waals surface area contributed by atoms with E-state index in [2.05, 4.69) is 5.32 Å². The number of hydrogen-bond acceptors (Lipinski definition) is 4. The topological polar surface area (TPSA) is 72.5 Å². The molecule has 0 spiro atoms. The lowest BCUT2D eigenvalue weighted by atomic mass is 10.0. The van der Waals surface area contributed by atoms with Crippen molar-refractivity contribution < 1.29 is 17.9 Å². The number of amides is 1. The summed E-state index contributed by atoms with van der Waals surface area (Å²) in [5.74, 6) is 0.705. The Balaban J connectivity index is 1.92. The van der Waals surface area contributed by atoms with Crippen molar-refractivity contribution in [1.82, 2.24) is 5.32 Å². The second-order valence-corrected chi connectivity index (χ2v) is 9.95. The van der Waals surface area contributed by atoms with Crippen molar-refractivity contribution in [3.8, 4) is 5.75 Å². The molecule has 2 aromatic carbocycles. The predicted octanol–water partition coefficient (Wildman–Crippen LogP) is 4.01. The summed E-state index contributed by atoms with van der Waals surface area (Å²) in [6.07, 6.45) is 4.09. The third kappa shape index (κ3) is 7.20. The molecule has 0 aliphatic carbocycles. The lowest BCUT2D eigenvalue weighted by Gasteiger charge is -2.24. The highest BCUT2D eigenvalue weighted by Gasteiger charge is 2.28. The number of carbonyl (C=O) groups is 1. The van der Waals surface area contributed by atoms with E-state index >= 15 is 0 Å². The average molecular weight is 418 g/mol. The van der Waals surface area contributed by atoms with Gasteiger partial charge in [-0.15, -0.1) is 0 Å². The van der Waals surface area contributed by atoms with Gasteiger partial charge < -0.3 is 10.1 Å². The van der Waals surface area contributed by atoms with Gasteiger partial charge in [0.2, 0.25) is 5.91 Å². The van der Waals surface area contributed by atoms with Crippen molar-refractivity contribution in [1.29, 1.82) is 0 Å². The number of methoxy groups -OCH3 is 1. The summed E-state index contributed by atoms with van der Waals surface area (Å²) in [5.41, 5.74) is 3.10. The zero-order chi connectivity index (χ0) is 21.4. The first-order valence-corrected chi connectivity index (χ1v) is 11.8. The minimum atomic E-state index is -3.30. The Morgan fingerprint density at radius 2 is 1.66 bits per heavy atom. The van der Waals surface area contributed by atoms with Crippen LogP contribution in [0.5, 0.6) is 5.75 Å². The fourth-order valence-electron chi connectivity index (χ4n) is 3.15. The van der Waals surface area contributed by atoms with Crippen LogP contribution in [0, 0.1) is 6.92 Å². The number of unbranched alkanes of at least 4 members (excludes halogenated alkanes) is 1. The normalized spacial score (nSPS) is 13.5. The van der Waals surface area contributed by atoms with Gasteiger partial charge >= 0.3 is 0 Å². The van der Waals surface area contributed by atoms with Crippen molar-refractivity contribution in [2.45, 2.75) is 50.8 Å². The molecule has 6 heteroatoms. The van der Waals surface area contributed by atoms with Crippen LogP contribution < -0.4 is 10.1 Å². The highest BCUT2D eigenvalue weighted by molar-refractivity contribution is 7.91. The molecular weight excluding hydrogens is 386 g/mol. The van der Waals surface area contributed by atoms with Gasteiger partial charge in [-0.25, -0.2) is 8.42 Å². The van der Waals surface area contributed by atoms with Crippen LogP contribution in [0.3, 0.4) is 0 Å². The van der Waals surface area contributed by atoms with E-state index in [9.17, 15) is 13.2 Å². The Morgan fingerprint density at radius 1 is 1.03 bits per heavy atom. The van der Waals surface area contributed by atoms with Crippen LogP contribution in [0.4, 0.5) is 0 Å². The maximum Gasteiger partial charge on any atom is 0.220 e. The molecule has 158 valence electrons. The van der Waals surface area contributed by atoms with Crippen LogP contribution in [0.25, 0.3) is 0 Å². The molecule has 0 radical (unpaired) electrons. The minimum absolute atomic E-state index is 0.124. The average Bonchev–Trinajstić information content (AvgIpc) is 2.69. The quantitative estimate of drug-likeness (QED) is 0.593. The predicted molar refractivity (Wildman–Crippen MR) is 117 cm³/mol. The molecule has 0 aromatic heterocycles. The van der Waals surface area contributed by atoms with Gasteiger partial charge in [-0.05, 0) is 56.4 Å². The van der Waals surface area contributed by atoms with Crippen molar-refractivity contribution >= 4 is 15.7 Å². The first kappa shape index (κ1) is 22.9. The molecule has 2 atom stereocenters. The third-order valence-electron chi connectivity index (χ3n) is 5.18. The maximum absolute atomic E-state index is 12.5. The van der Waals surface area contributed by atoms with Crippen molar-refractivity contribution in [3.63, 3.8) is 0 Å². The number of hydrogen-bond donors (Lipinski definition) is 1. The molecule has 2 aromatic rings. The summed E-state index contributed by atoms with van der Waals surface area (Å²) in [6, 6.07) is 15.0. The molecule has 1 amide bonds. The Kier molecular flexibility index (Phi) is 8.26. The SMILES string of the molecule is COc1ccc(CCCCC(=O)N[C@@H](c2ccc(C)cc2)[C@H](C)S(C)(=O)=O)cc1. The zero-order valence-corrected chi connectivity index (χ0v) is 18.5. The highest BCUT2D eigenvalue weighted by Crippen LogP contribution is 2.23. The summed E-state index contributed by atoms with van der Waals surface area (Å²) in [7, 11) is -1.66. The molecule has 0 saturated heterocycles. The molecular formula is C23H31NO4S. The number of rotatable bonds is 10. The number of nitrogens with one attached hydrogen (secondary N) is 1. The van der Waals surface area contributed by atoms with E-state index in [0.717, 1.165) is 36.1 Å². The van der Waals surface area contributed by atoms with Gasteiger partial charge in [0.05, 0.1) is 18.4 Å². The standard InChI is InChI=1S/C23H31NO4S/c1-17-9-13-20(14-10-17)23(18(2)29(4,26)27)24-22(25)8-6-5-7-19-11-15-21(28-3)16-12-19/h9-16,18,23H,5-8H2,1-4H3,(H,24,25)/t18-,23+/m0/s1. The molecule has 2 rings (SSSR count). The van der Waals surface area contributed by atoms with E-state index in [-0.39, 0.29) is 5.91 Å². The van der Waals surface area contributed by atoms with Crippen molar-refractivity contribution in [3.05, 3.63) is 65.2 Å². The molecule has 0 unspecified atom stereocenters. The van der Waals surface area contributed by atoms with Crippen LogP contribution >= 0.6 is 0 Å². The smallest absolute Gasteiger partial charge is 0.220 e. The lowest BCUT2D eigenvalue weighted by Crippen LogP contribution is -2.38. The van der Waals surface area contributed by atoms with Gasteiger partial charge in [-0.2, -0.15) is 0 Å². The number of aryl methyl sites for hydroxylation is 2. The summed E-state index contributed by atoms with van der Waals surface area (Å²) >= 11 is 0. The molecule has 1 N–H and O–H groups in total. The number of carbonyl (C=O) groups excluding carboxylic acids is 1. The van der Waals surface area contributed by atoms with E-state index in [4.69, 9.17) is 4.74 Å². The summed E-state index contributed by atoms with van der Waals surface area (Å²) in [4.78, 5) is 12.5. The van der Waals surface area contributed by atoms with Gasteiger partial charge in [0.25, 0.3) is 0 Å². The maximum atomic E-state index is 12.5. The molecule has 0 saturated carbocycles. The number of ether oxygens (including phenoxy) is 1. The van der Waals surface area contributed by atoms with Crippen molar-refractivity contribution in [2.75, 3.05) is 13.4 Å². The molecule has 0 heterocycles. The van der Waals surface area contributed by atoms with E-state index in [1.807, 2.05) is 55.5 Å². The Morgan fingerprint density at radius 3 is 2.21 bits per heavy atom. The fraction of sp³-hybridized carbons (Fsp3) is 0.435. The molecule has 0 bridgehead atoms. The summed E-state index contributed by atoms with van der Waals surface area (Å²) in [5, 5.41) is 2.24. The van der Waals surface area contributed by atoms with Gasteiger partial charge in [0.1, 0.15) is 5.75 Å². The molecule has 0 aliphatic rings. The molecule has 5 nitrogen and oxygen atoms in total. The largest absolute Gasteiger partial charge is 0.497 e. The van der Waals surface area contributed by atoms with E-state index in [0.29, 0.717) is 6.42 Å². The van der Waals surface area contributed by atoms with Gasteiger partial charge in [0.15, 0.2) is 9.84 Å². The Bertz CT molecular complexity index is 889. The summed E-state index contributed by atoms with van der Waals surface area (Å²) in [6.45, 7) is 3.62. The molecule has 0 fully saturated rings. The van der Waals surface area contributed by atoms with E-state index in [1.165, 1.54) is 11.8 Å². The second-order valence-electron chi connectivity index (χ2n) is 7.55. The second kappa shape index (κ2) is 10.4. The van der Waals surface area contributed by atoms with Gasteiger partial charge in [-0.3, -0.25) is 4.79 Å². The molecule has 0 aliphatic heterocycles.